The smallest absolute Gasteiger partial charge is 0.119 e. The normalized spacial score (nSPS) is 12.8. The molecule has 0 N–H and O–H groups in total. The Kier molecular flexibility index (Phi) is 5.21. The molecule has 0 aliphatic heterocycles. The number of fused-ring (bicyclic) bond motifs is 1. The van der Waals surface area contributed by atoms with Crippen LogP contribution in [0.5, 0.6) is 11.5 Å². The first kappa shape index (κ1) is 18.5. The minimum atomic E-state index is -0.0828. The van der Waals surface area contributed by atoms with Crippen molar-refractivity contribution >= 4 is 22.8 Å². The first-order chi connectivity index (χ1) is 15.2. The lowest BCUT2D eigenvalue weighted by atomic mass is 9.94. The number of hydrogen-bond donors (Lipinski definition) is 0. The van der Waals surface area contributed by atoms with Crippen LogP contribution in [0, 0.1) is 0 Å². The van der Waals surface area contributed by atoms with Gasteiger partial charge in [-0.05, 0) is 48.0 Å². The summed E-state index contributed by atoms with van der Waals surface area (Å²) in [7, 11) is 5.38. The predicted molar refractivity (Wildman–Crippen MR) is 124 cm³/mol. The third kappa shape index (κ3) is 3.69. The van der Waals surface area contributed by atoms with Crippen LogP contribution < -0.4 is 9.47 Å². The quantitative estimate of drug-likeness (QED) is 0.367. The van der Waals surface area contributed by atoms with E-state index in [9.17, 15) is 0 Å². The lowest BCUT2D eigenvalue weighted by molar-refractivity contribution is 0.414. The number of nitrogens with zero attached hydrogens (tertiary/aromatic N) is 2. The van der Waals surface area contributed by atoms with E-state index in [1.807, 2.05) is 66.9 Å². The van der Waals surface area contributed by atoms with Crippen molar-refractivity contribution in [2.45, 2.75) is 12.8 Å². The topological polar surface area (TPSA) is 35.8 Å². The van der Waals surface area contributed by atoms with Gasteiger partial charge in [0.1, 0.15) is 11.5 Å². The molecule has 3 aromatic carbocycles. The molecule has 0 aliphatic carbocycles. The van der Waals surface area contributed by atoms with Crippen LogP contribution in [0.15, 0.2) is 77.8 Å². The van der Waals surface area contributed by atoms with Gasteiger partial charge in [0.25, 0.3) is 0 Å². The Labute approximate surface area is 178 Å². The molecule has 0 amide bonds. The monoisotopic (exact) mass is 399 g/mol. The number of aromatic nitrogens is 1. The Morgan fingerprint density at radius 1 is 0.900 bits per heavy atom. The highest BCUT2D eigenvalue weighted by Gasteiger charge is 2.20. The van der Waals surface area contributed by atoms with Crippen molar-refractivity contribution in [2.24, 2.45) is 12.0 Å². The second kappa shape index (κ2) is 8.46. The average Bonchev–Trinajstić information content (AvgIpc) is 3.11. The van der Waals surface area contributed by atoms with Crippen molar-refractivity contribution in [3.05, 3.63) is 89.6 Å². The second-order valence-electron chi connectivity index (χ2n) is 7.16. The Morgan fingerprint density at radius 2 is 1.53 bits per heavy atom. The molecule has 0 saturated heterocycles. The SMILES string of the molecule is [2H]C[C@@H](c1ccc(OC)cc1)c1c(C=Nc2ccc(OC)cc2)c2ccccc2n1C. The van der Waals surface area contributed by atoms with Crippen LogP contribution >= 0.6 is 0 Å². The van der Waals surface area contributed by atoms with Gasteiger partial charge in [0.15, 0.2) is 0 Å². The number of aliphatic imine (C=N–C) groups is 1. The molecule has 0 radical (unpaired) electrons. The van der Waals surface area contributed by atoms with Crippen LogP contribution in [0.4, 0.5) is 5.69 Å². The van der Waals surface area contributed by atoms with Gasteiger partial charge in [-0.15, -0.1) is 0 Å². The summed E-state index contributed by atoms with van der Waals surface area (Å²) in [6.07, 6.45) is 1.92. The number of methoxy groups -OCH3 is 2. The largest absolute Gasteiger partial charge is 0.497 e. The predicted octanol–water partition coefficient (Wildman–Crippen LogP) is 6.10. The highest BCUT2D eigenvalue weighted by atomic mass is 16.5. The molecule has 4 heteroatoms. The van der Waals surface area contributed by atoms with E-state index in [0.29, 0.717) is 0 Å². The molecule has 152 valence electrons. The van der Waals surface area contributed by atoms with Gasteiger partial charge in [-0.3, -0.25) is 4.99 Å². The fourth-order valence-corrected chi connectivity index (χ4v) is 3.80. The summed E-state index contributed by atoms with van der Waals surface area (Å²) in [5.74, 6) is 1.53. The second-order valence-corrected chi connectivity index (χ2v) is 7.16. The summed E-state index contributed by atoms with van der Waals surface area (Å²) in [5, 5.41) is 1.13. The van der Waals surface area contributed by atoms with Crippen molar-refractivity contribution in [1.82, 2.24) is 4.57 Å². The van der Waals surface area contributed by atoms with Crippen LogP contribution in [0.2, 0.25) is 0 Å². The highest BCUT2D eigenvalue weighted by Crippen LogP contribution is 2.34. The highest BCUT2D eigenvalue weighted by molar-refractivity contribution is 6.02. The summed E-state index contributed by atoms with van der Waals surface area (Å²) >= 11 is 0. The number of ether oxygens (including phenoxy) is 2. The fourth-order valence-electron chi connectivity index (χ4n) is 3.80. The maximum atomic E-state index is 8.34. The van der Waals surface area contributed by atoms with Crippen molar-refractivity contribution in [1.29, 1.82) is 0 Å². The summed E-state index contributed by atoms with van der Waals surface area (Å²) in [4.78, 5) is 4.74. The maximum Gasteiger partial charge on any atom is 0.119 e. The van der Waals surface area contributed by atoms with E-state index in [2.05, 4.69) is 23.7 Å². The summed E-state index contributed by atoms with van der Waals surface area (Å²) in [6, 6.07) is 24.0. The van der Waals surface area contributed by atoms with E-state index in [0.717, 1.165) is 44.9 Å². The number of benzene rings is 3. The molecule has 0 bridgehead atoms. The van der Waals surface area contributed by atoms with E-state index >= 15 is 0 Å². The van der Waals surface area contributed by atoms with Gasteiger partial charge in [0.2, 0.25) is 0 Å². The molecule has 4 rings (SSSR count). The van der Waals surface area contributed by atoms with Crippen LogP contribution in [-0.4, -0.2) is 25.0 Å². The molecule has 4 nitrogen and oxygen atoms in total. The standard InChI is InChI=1S/C26H26N2O2/c1-18(19-9-13-21(29-3)14-10-19)26-24(23-7-5-6-8-25(23)28(26)2)17-27-20-11-15-22(30-4)16-12-20/h5-18H,1-4H3/t18-/m0/s1/i1D. The fraction of sp³-hybridized carbons (Fsp3) is 0.192. The molecular weight excluding hydrogens is 372 g/mol. The van der Waals surface area contributed by atoms with Crippen LogP contribution in [-0.2, 0) is 7.05 Å². The number of hydrogen-bond acceptors (Lipinski definition) is 3. The maximum absolute atomic E-state index is 8.34. The number of para-hydroxylation sites is 1. The molecule has 0 saturated carbocycles. The molecule has 0 aliphatic rings. The first-order valence-electron chi connectivity index (χ1n) is 10.6. The van der Waals surface area contributed by atoms with Gasteiger partial charge < -0.3 is 14.0 Å². The van der Waals surface area contributed by atoms with Crippen molar-refractivity contribution in [3.63, 3.8) is 0 Å². The summed E-state index contributed by atoms with van der Waals surface area (Å²) < 4.78 is 21.1. The van der Waals surface area contributed by atoms with E-state index in [-0.39, 0.29) is 12.8 Å². The molecule has 0 spiro atoms. The zero-order chi connectivity index (χ0) is 21.8. The van der Waals surface area contributed by atoms with Crippen molar-refractivity contribution in [2.75, 3.05) is 14.2 Å². The molecule has 30 heavy (non-hydrogen) atoms. The van der Waals surface area contributed by atoms with Crippen LogP contribution in [0.25, 0.3) is 10.9 Å². The Hall–Kier alpha value is -3.53. The van der Waals surface area contributed by atoms with Gasteiger partial charge in [0, 0.05) is 42.7 Å². The molecule has 1 atom stereocenters. The molecule has 0 fully saturated rings. The first-order valence-corrected chi connectivity index (χ1v) is 9.85. The van der Waals surface area contributed by atoms with E-state index < -0.39 is 0 Å². The minimum Gasteiger partial charge on any atom is -0.497 e. The van der Waals surface area contributed by atoms with Gasteiger partial charge >= 0.3 is 0 Å². The van der Waals surface area contributed by atoms with Gasteiger partial charge in [-0.2, -0.15) is 0 Å². The third-order valence-corrected chi connectivity index (χ3v) is 5.46. The van der Waals surface area contributed by atoms with Gasteiger partial charge in [-0.25, -0.2) is 0 Å². The molecule has 1 aromatic heterocycles. The lowest BCUT2D eigenvalue weighted by Crippen LogP contribution is -2.06. The summed E-state index contributed by atoms with van der Waals surface area (Å²) in [6.45, 7) is 0.236. The minimum absolute atomic E-state index is 0.0828. The molecule has 0 unspecified atom stereocenters. The van der Waals surface area contributed by atoms with Crippen molar-refractivity contribution in [3.8, 4) is 11.5 Å². The van der Waals surface area contributed by atoms with E-state index in [1.54, 1.807) is 14.2 Å². The summed E-state index contributed by atoms with van der Waals surface area (Å²) in [5.41, 5.74) is 5.19. The zero-order valence-corrected chi connectivity index (χ0v) is 17.5. The Bertz CT molecular complexity index is 1190. The van der Waals surface area contributed by atoms with Gasteiger partial charge in [0.05, 0.1) is 19.9 Å². The third-order valence-electron chi connectivity index (χ3n) is 5.46. The number of rotatable bonds is 6. The average molecular weight is 400 g/mol. The van der Waals surface area contributed by atoms with E-state index in [1.165, 1.54) is 0 Å². The van der Waals surface area contributed by atoms with Crippen LogP contribution in [0.1, 0.15) is 31.0 Å². The Morgan fingerprint density at radius 3 is 2.17 bits per heavy atom. The van der Waals surface area contributed by atoms with E-state index in [4.69, 9.17) is 15.8 Å². The molecule has 4 aromatic rings. The van der Waals surface area contributed by atoms with Gasteiger partial charge in [-0.1, -0.05) is 37.2 Å². The zero-order valence-electron chi connectivity index (χ0n) is 18.5. The van der Waals surface area contributed by atoms with Crippen molar-refractivity contribution < 1.29 is 10.8 Å². The molecular formula is C26H26N2O2. The van der Waals surface area contributed by atoms with Crippen LogP contribution in [0.3, 0.4) is 0 Å². The molecule has 1 heterocycles. The Balaban J connectivity index is 1.83. The lowest BCUT2D eigenvalue weighted by Gasteiger charge is -2.16. The number of aryl methyl sites for hydroxylation is 1.